The number of hydrogen-bond donors (Lipinski definition) is 2. The minimum atomic E-state index is -0.433. The maximum Gasteiger partial charge on any atom is 0.247 e. The number of aryl methyl sites for hydroxylation is 1. The molecule has 2 aliphatic heterocycles. The fourth-order valence-corrected chi connectivity index (χ4v) is 3.55. The molecule has 0 aliphatic carbocycles. The molecule has 2 unspecified atom stereocenters. The number of amides is 2. The summed E-state index contributed by atoms with van der Waals surface area (Å²) in [5, 5.41) is 6.22. The van der Waals surface area contributed by atoms with Crippen LogP contribution in [0.5, 0.6) is 5.75 Å². The normalized spacial score (nSPS) is 22.9. The number of ether oxygens (including phenoxy) is 2. The zero-order valence-corrected chi connectivity index (χ0v) is 15.4. The van der Waals surface area contributed by atoms with Gasteiger partial charge in [-0.3, -0.25) is 9.59 Å². The monoisotopic (exact) mass is 361 g/mol. The van der Waals surface area contributed by atoms with E-state index in [0.717, 1.165) is 18.5 Å². The van der Waals surface area contributed by atoms with Crippen molar-refractivity contribution in [2.45, 2.75) is 38.3 Å². The third kappa shape index (κ3) is 4.34. The van der Waals surface area contributed by atoms with E-state index in [1.807, 2.05) is 25.1 Å². The van der Waals surface area contributed by atoms with Gasteiger partial charge in [-0.1, -0.05) is 6.07 Å². The Balaban J connectivity index is 1.64. The molecule has 0 spiro atoms. The first-order valence-corrected chi connectivity index (χ1v) is 9.14. The summed E-state index contributed by atoms with van der Waals surface area (Å²) in [5.74, 6) is 0.456. The van der Waals surface area contributed by atoms with E-state index in [1.54, 1.807) is 12.0 Å². The van der Waals surface area contributed by atoms with Crippen LogP contribution < -0.4 is 15.4 Å². The fraction of sp³-hybridized carbons (Fsp3) is 0.579. The predicted molar refractivity (Wildman–Crippen MR) is 98.3 cm³/mol. The number of rotatable bonds is 5. The van der Waals surface area contributed by atoms with Gasteiger partial charge in [-0.05, 0) is 37.5 Å². The molecule has 7 nitrogen and oxygen atoms in total. The molecule has 7 heteroatoms. The first-order chi connectivity index (χ1) is 12.6. The third-order valence-electron chi connectivity index (χ3n) is 4.91. The minimum Gasteiger partial charge on any atom is -0.495 e. The van der Waals surface area contributed by atoms with Crippen LogP contribution in [-0.2, 0) is 14.3 Å². The van der Waals surface area contributed by atoms with Gasteiger partial charge in [0.1, 0.15) is 11.8 Å². The molecule has 2 saturated heterocycles. The van der Waals surface area contributed by atoms with E-state index in [1.165, 1.54) is 0 Å². The maximum absolute atomic E-state index is 12.8. The third-order valence-corrected chi connectivity index (χ3v) is 4.91. The summed E-state index contributed by atoms with van der Waals surface area (Å²) >= 11 is 0. The van der Waals surface area contributed by atoms with E-state index >= 15 is 0 Å². The van der Waals surface area contributed by atoms with Crippen LogP contribution in [0.15, 0.2) is 18.2 Å². The zero-order valence-electron chi connectivity index (χ0n) is 15.4. The largest absolute Gasteiger partial charge is 0.495 e. The molecule has 0 saturated carbocycles. The first-order valence-electron chi connectivity index (χ1n) is 9.14. The van der Waals surface area contributed by atoms with Gasteiger partial charge < -0.3 is 25.0 Å². The van der Waals surface area contributed by atoms with Gasteiger partial charge >= 0.3 is 0 Å². The average Bonchev–Trinajstić information content (AvgIpc) is 3.13. The van der Waals surface area contributed by atoms with E-state index in [0.29, 0.717) is 44.0 Å². The number of methoxy groups -OCH3 is 1. The molecule has 1 aromatic carbocycles. The molecule has 0 aromatic heterocycles. The van der Waals surface area contributed by atoms with Crippen molar-refractivity contribution in [2.24, 2.45) is 0 Å². The minimum absolute atomic E-state index is 0.00172. The van der Waals surface area contributed by atoms with Crippen LogP contribution in [0, 0.1) is 6.92 Å². The van der Waals surface area contributed by atoms with Gasteiger partial charge in [-0.15, -0.1) is 0 Å². The van der Waals surface area contributed by atoms with E-state index in [9.17, 15) is 9.59 Å². The lowest BCUT2D eigenvalue weighted by molar-refractivity contribution is -0.137. The fourth-order valence-electron chi connectivity index (χ4n) is 3.55. The quantitative estimate of drug-likeness (QED) is 0.827. The van der Waals surface area contributed by atoms with Crippen molar-refractivity contribution < 1.29 is 19.1 Å². The summed E-state index contributed by atoms with van der Waals surface area (Å²) in [6.07, 6.45) is 1.88. The van der Waals surface area contributed by atoms with Gasteiger partial charge in [-0.25, -0.2) is 0 Å². The number of carbonyl (C=O) groups is 2. The second kappa shape index (κ2) is 8.51. The Bertz CT molecular complexity index is 658. The second-order valence-electron chi connectivity index (χ2n) is 6.87. The zero-order chi connectivity index (χ0) is 18.5. The van der Waals surface area contributed by atoms with Gasteiger partial charge in [0.15, 0.2) is 0 Å². The summed E-state index contributed by atoms with van der Waals surface area (Å²) in [4.78, 5) is 27.2. The Labute approximate surface area is 154 Å². The summed E-state index contributed by atoms with van der Waals surface area (Å²) in [5.41, 5.74) is 1.67. The smallest absolute Gasteiger partial charge is 0.247 e. The second-order valence-corrected chi connectivity index (χ2v) is 6.87. The van der Waals surface area contributed by atoms with Gasteiger partial charge in [0.05, 0.1) is 26.0 Å². The number of anilines is 1. The molecular weight excluding hydrogens is 334 g/mol. The van der Waals surface area contributed by atoms with Crippen LogP contribution in [0.1, 0.15) is 24.8 Å². The van der Waals surface area contributed by atoms with Crippen molar-refractivity contribution in [3.8, 4) is 5.75 Å². The predicted octanol–water partition coefficient (Wildman–Crippen LogP) is 1.31. The Morgan fingerprint density at radius 1 is 1.42 bits per heavy atom. The molecule has 2 atom stereocenters. The average molecular weight is 361 g/mol. The molecule has 2 aliphatic rings. The van der Waals surface area contributed by atoms with Crippen LogP contribution in [0.3, 0.4) is 0 Å². The van der Waals surface area contributed by atoms with Crippen molar-refractivity contribution in [1.82, 2.24) is 10.2 Å². The molecule has 2 amide bonds. The molecule has 3 rings (SSSR count). The molecule has 2 fully saturated rings. The van der Waals surface area contributed by atoms with Crippen LogP contribution in [0.2, 0.25) is 0 Å². The van der Waals surface area contributed by atoms with Crippen LogP contribution in [-0.4, -0.2) is 62.2 Å². The lowest BCUT2D eigenvalue weighted by Crippen LogP contribution is -2.48. The number of nitrogens with one attached hydrogen (secondary N) is 2. The SMILES string of the molecule is COc1ccc(C)cc1NC(=O)C1CCCN1C(=O)CC1COCCN1. The highest BCUT2D eigenvalue weighted by atomic mass is 16.5. The Kier molecular flexibility index (Phi) is 6.11. The number of morpholine rings is 1. The molecule has 26 heavy (non-hydrogen) atoms. The van der Waals surface area contributed by atoms with Crippen LogP contribution in [0.25, 0.3) is 0 Å². The van der Waals surface area contributed by atoms with E-state index in [4.69, 9.17) is 9.47 Å². The summed E-state index contributed by atoms with van der Waals surface area (Å²) in [6, 6.07) is 5.23. The topological polar surface area (TPSA) is 79.9 Å². The first kappa shape index (κ1) is 18.7. The van der Waals surface area contributed by atoms with E-state index in [2.05, 4.69) is 10.6 Å². The maximum atomic E-state index is 12.8. The van der Waals surface area contributed by atoms with Crippen LogP contribution >= 0.6 is 0 Å². The molecule has 2 heterocycles. The standard InChI is InChI=1S/C19H27N3O4/c1-13-5-6-17(25-2)15(10-13)21-19(24)16-4-3-8-22(16)18(23)11-14-12-26-9-7-20-14/h5-6,10,14,16,20H,3-4,7-9,11-12H2,1-2H3,(H,21,24). The lowest BCUT2D eigenvalue weighted by atomic mass is 10.1. The summed E-state index contributed by atoms with van der Waals surface area (Å²) < 4.78 is 10.7. The van der Waals surface area contributed by atoms with Gasteiger partial charge in [-0.2, -0.15) is 0 Å². The molecule has 1 aromatic rings. The molecule has 142 valence electrons. The van der Waals surface area contributed by atoms with Crippen LogP contribution in [0.4, 0.5) is 5.69 Å². The highest BCUT2D eigenvalue weighted by Crippen LogP contribution is 2.27. The van der Waals surface area contributed by atoms with Crippen molar-refractivity contribution in [3.05, 3.63) is 23.8 Å². The Hall–Kier alpha value is -2.12. The number of hydrogen-bond acceptors (Lipinski definition) is 5. The summed E-state index contributed by atoms with van der Waals surface area (Å²) in [7, 11) is 1.57. The van der Waals surface area contributed by atoms with Crippen molar-refractivity contribution in [1.29, 1.82) is 0 Å². The van der Waals surface area contributed by atoms with E-state index < -0.39 is 6.04 Å². The highest BCUT2D eigenvalue weighted by molar-refractivity contribution is 5.98. The lowest BCUT2D eigenvalue weighted by Gasteiger charge is -2.28. The van der Waals surface area contributed by atoms with Gasteiger partial charge in [0.25, 0.3) is 0 Å². The molecule has 0 radical (unpaired) electrons. The number of carbonyl (C=O) groups excluding carboxylic acids is 2. The molecular formula is C19H27N3O4. The van der Waals surface area contributed by atoms with Gasteiger partial charge in [0.2, 0.25) is 11.8 Å². The van der Waals surface area contributed by atoms with E-state index in [-0.39, 0.29) is 17.9 Å². The van der Waals surface area contributed by atoms with Crippen molar-refractivity contribution >= 4 is 17.5 Å². The highest BCUT2D eigenvalue weighted by Gasteiger charge is 2.35. The Morgan fingerprint density at radius 3 is 3.00 bits per heavy atom. The number of nitrogens with zero attached hydrogens (tertiary/aromatic N) is 1. The molecule has 2 N–H and O–H groups in total. The van der Waals surface area contributed by atoms with Crippen molar-refractivity contribution in [3.63, 3.8) is 0 Å². The number of benzene rings is 1. The summed E-state index contributed by atoms with van der Waals surface area (Å²) in [6.45, 7) is 4.55. The van der Waals surface area contributed by atoms with Crippen molar-refractivity contribution in [2.75, 3.05) is 38.7 Å². The Morgan fingerprint density at radius 2 is 2.27 bits per heavy atom. The molecule has 0 bridgehead atoms. The number of likely N-dealkylation sites (tertiary alicyclic amines) is 1. The van der Waals surface area contributed by atoms with Gasteiger partial charge in [0, 0.05) is 25.6 Å².